The predicted octanol–water partition coefficient (Wildman–Crippen LogP) is 6.00. The Morgan fingerprint density at radius 1 is 1.16 bits per heavy atom. The third kappa shape index (κ3) is 3.85. The summed E-state index contributed by atoms with van der Waals surface area (Å²) in [4.78, 5) is 12.9. The van der Waals surface area contributed by atoms with Gasteiger partial charge in [-0.1, -0.05) is 41.9 Å². The van der Waals surface area contributed by atoms with Crippen LogP contribution in [-0.2, 0) is 11.3 Å². The van der Waals surface area contributed by atoms with Gasteiger partial charge in [0.15, 0.2) is 0 Å². The van der Waals surface area contributed by atoms with Gasteiger partial charge < -0.3 is 14.8 Å². The second-order valence-electron chi connectivity index (χ2n) is 8.68. The quantitative estimate of drug-likeness (QED) is 0.534. The van der Waals surface area contributed by atoms with E-state index in [9.17, 15) is 4.79 Å². The molecule has 0 bridgehead atoms. The Balaban J connectivity index is 1.32. The maximum Gasteiger partial charge on any atom is 0.220 e. The van der Waals surface area contributed by atoms with Crippen LogP contribution in [0.1, 0.15) is 49.1 Å². The lowest BCUT2D eigenvalue weighted by Gasteiger charge is -2.48. The topological polar surface area (TPSA) is 47.6 Å². The first-order valence-electron chi connectivity index (χ1n) is 10.9. The SMILES string of the molecule is COc1ccc(CNC(=O)CC2CC3(CCC3)Oc3ccc(Cl)cc32)c2ccccc12. The Bertz CT molecular complexity index is 1140. The second kappa shape index (κ2) is 8.08. The Hall–Kier alpha value is -2.72. The molecule has 0 saturated heterocycles. The number of carbonyl (C=O) groups excluding carboxylic acids is 1. The zero-order chi connectivity index (χ0) is 21.4. The van der Waals surface area contributed by atoms with Crippen molar-refractivity contribution in [3.63, 3.8) is 0 Å². The van der Waals surface area contributed by atoms with E-state index in [1.807, 2.05) is 48.5 Å². The van der Waals surface area contributed by atoms with Crippen molar-refractivity contribution in [2.24, 2.45) is 0 Å². The molecule has 0 aromatic heterocycles. The molecular weight excluding hydrogens is 410 g/mol. The van der Waals surface area contributed by atoms with Crippen LogP contribution in [0, 0.1) is 0 Å². The molecule has 5 rings (SSSR count). The summed E-state index contributed by atoms with van der Waals surface area (Å²) in [5, 5.41) is 5.96. The Morgan fingerprint density at radius 2 is 1.97 bits per heavy atom. The van der Waals surface area contributed by atoms with Crippen LogP contribution in [0.25, 0.3) is 10.8 Å². The molecule has 1 aliphatic heterocycles. The van der Waals surface area contributed by atoms with E-state index < -0.39 is 0 Å². The van der Waals surface area contributed by atoms with Crippen LogP contribution in [0.4, 0.5) is 0 Å². The maximum atomic E-state index is 12.9. The average molecular weight is 436 g/mol. The summed E-state index contributed by atoms with van der Waals surface area (Å²) in [7, 11) is 1.68. The maximum absolute atomic E-state index is 12.9. The van der Waals surface area contributed by atoms with Crippen LogP contribution < -0.4 is 14.8 Å². The van der Waals surface area contributed by atoms with E-state index in [0.29, 0.717) is 18.0 Å². The lowest BCUT2D eigenvalue weighted by Crippen LogP contribution is -2.47. The van der Waals surface area contributed by atoms with E-state index in [1.54, 1.807) is 7.11 Å². The third-order valence-corrected chi connectivity index (χ3v) is 6.96. The Kier molecular flexibility index (Phi) is 5.27. The van der Waals surface area contributed by atoms with Gasteiger partial charge in [0.1, 0.15) is 17.1 Å². The average Bonchev–Trinajstić information content (AvgIpc) is 2.76. The molecule has 1 heterocycles. The van der Waals surface area contributed by atoms with Crippen molar-refractivity contribution in [2.45, 2.75) is 50.2 Å². The molecule has 160 valence electrons. The summed E-state index contributed by atoms with van der Waals surface area (Å²) >= 11 is 6.25. The Labute approximate surface area is 187 Å². The summed E-state index contributed by atoms with van der Waals surface area (Å²) in [6, 6.07) is 17.9. The fraction of sp³-hybridized carbons (Fsp3) is 0.346. The number of hydrogen-bond acceptors (Lipinski definition) is 3. The molecule has 2 aliphatic rings. The van der Waals surface area contributed by atoms with E-state index in [2.05, 4.69) is 11.4 Å². The molecule has 1 unspecified atom stereocenters. The van der Waals surface area contributed by atoms with Crippen molar-refractivity contribution in [1.29, 1.82) is 0 Å². The van der Waals surface area contributed by atoms with Gasteiger partial charge in [0.25, 0.3) is 0 Å². The van der Waals surface area contributed by atoms with E-state index in [1.165, 1.54) is 6.42 Å². The number of methoxy groups -OCH3 is 1. The van der Waals surface area contributed by atoms with E-state index in [4.69, 9.17) is 21.1 Å². The van der Waals surface area contributed by atoms with Crippen LogP contribution in [0.5, 0.6) is 11.5 Å². The number of amides is 1. The minimum atomic E-state index is -0.0992. The highest BCUT2D eigenvalue weighted by Gasteiger charge is 2.45. The lowest BCUT2D eigenvalue weighted by atomic mass is 9.70. The smallest absolute Gasteiger partial charge is 0.220 e. The second-order valence-corrected chi connectivity index (χ2v) is 9.11. The van der Waals surface area contributed by atoms with Crippen LogP contribution in [0.3, 0.4) is 0 Å². The van der Waals surface area contributed by atoms with E-state index in [0.717, 1.165) is 52.7 Å². The van der Waals surface area contributed by atoms with Crippen molar-refractivity contribution in [1.82, 2.24) is 5.32 Å². The molecule has 1 amide bonds. The van der Waals surface area contributed by atoms with Gasteiger partial charge in [-0.05, 0) is 66.5 Å². The molecule has 1 saturated carbocycles. The number of halogens is 1. The highest BCUT2D eigenvalue weighted by atomic mass is 35.5. The van der Waals surface area contributed by atoms with Gasteiger partial charge in [-0.15, -0.1) is 0 Å². The van der Waals surface area contributed by atoms with E-state index in [-0.39, 0.29) is 17.4 Å². The van der Waals surface area contributed by atoms with Gasteiger partial charge in [-0.25, -0.2) is 0 Å². The number of fused-ring (bicyclic) bond motifs is 2. The van der Waals surface area contributed by atoms with Crippen molar-refractivity contribution in [2.75, 3.05) is 7.11 Å². The molecule has 31 heavy (non-hydrogen) atoms. The molecule has 3 aromatic carbocycles. The monoisotopic (exact) mass is 435 g/mol. The summed E-state index contributed by atoms with van der Waals surface area (Å²) in [5.41, 5.74) is 2.03. The summed E-state index contributed by atoms with van der Waals surface area (Å²) in [6.07, 6.45) is 4.62. The van der Waals surface area contributed by atoms with Gasteiger partial charge in [-0.2, -0.15) is 0 Å². The molecule has 3 aromatic rings. The largest absolute Gasteiger partial charge is 0.496 e. The van der Waals surface area contributed by atoms with Crippen molar-refractivity contribution < 1.29 is 14.3 Å². The van der Waals surface area contributed by atoms with Crippen molar-refractivity contribution in [3.05, 3.63) is 70.7 Å². The highest BCUT2D eigenvalue weighted by molar-refractivity contribution is 6.30. The van der Waals surface area contributed by atoms with Gasteiger partial charge in [0, 0.05) is 29.3 Å². The number of rotatable bonds is 5. The number of ether oxygens (including phenoxy) is 2. The number of carbonyl (C=O) groups is 1. The molecule has 0 radical (unpaired) electrons. The van der Waals surface area contributed by atoms with Gasteiger partial charge in [0.05, 0.1) is 7.11 Å². The van der Waals surface area contributed by atoms with Crippen molar-refractivity contribution in [3.8, 4) is 11.5 Å². The number of benzene rings is 3. The molecule has 5 heteroatoms. The predicted molar refractivity (Wildman–Crippen MR) is 123 cm³/mol. The summed E-state index contributed by atoms with van der Waals surface area (Å²) in [6.45, 7) is 0.486. The highest BCUT2D eigenvalue weighted by Crippen LogP contribution is 2.51. The van der Waals surface area contributed by atoms with E-state index >= 15 is 0 Å². The molecular formula is C26H26ClNO3. The molecule has 1 fully saturated rings. The minimum absolute atomic E-state index is 0.0483. The first-order valence-corrected chi connectivity index (χ1v) is 11.2. The first kappa shape index (κ1) is 20.2. The fourth-order valence-corrected chi connectivity index (χ4v) is 5.16. The minimum Gasteiger partial charge on any atom is -0.496 e. The van der Waals surface area contributed by atoms with Crippen LogP contribution in [0.15, 0.2) is 54.6 Å². The zero-order valence-corrected chi connectivity index (χ0v) is 18.4. The lowest BCUT2D eigenvalue weighted by molar-refractivity contribution is -0.122. The third-order valence-electron chi connectivity index (χ3n) is 6.72. The molecule has 1 spiro atoms. The molecule has 4 nitrogen and oxygen atoms in total. The van der Waals surface area contributed by atoms with Gasteiger partial charge >= 0.3 is 0 Å². The first-order chi connectivity index (χ1) is 15.1. The molecule has 1 aliphatic carbocycles. The van der Waals surface area contributed by atoms with Crippen LogP contribution in [0.2, 0.25) is 5.02 Å². The van der Waals surface area contributed by atoms with Crippen LogP contribution in [-0.4, -0.2) is 18.6 Å². The normalized spacial score (nSPS) is 18.7. The summed E-state index contributed by atoms with van der Waals surface area (Å²) in [5.74, 6) is 1.89. The Morgan fingerprint density at radius 3 is 2.71 bits per heavy atom. The fourth-order valence-electron chi connectivity index (χ4n) is 4.98. The van der Waals surface area contributed by atoms with Crippen molar-refractivity contribution >= 4 is 28.3 Å². The van der Waals surface area contributed by atoms with Gasteiger partial charge in [-0.3, -0.25) is 4.79 Å². The zero-order valence-electron chi connectivity index (χ0n) is 17.6. The van der Waals surface area contributed by atoms with Gasteiger partial charge in [0.2, 0.25) is 5.91 Å². The standard InChI is InChI=1S/C26H26ClNO3/c1-30-23-9-7-17(20-5-2-3-6-21(20)23)16-28-25(29)13-18-15-26(11-4-12-26)31-24-10-8-19(27)14-22(18)24/h2-3,5-10,14,18H,4,11-13,15-16H2,1H3,(H,28,29). The molecule has 1 atom stereocenters. The number of nitrogens with one attached hydrogen (secondary N) is 1. The molecule has 1 N–H and O–H groups in total. The summed E-state index contributed by atoms with van der Waals surface area (Å²) < 4.78 is 11.8. The van der Waals surface area contributed by atoms with Crippen LogP contribution >= 0.6 is 11.6 Å². The number of hydrogen-bond donors (Lipinski definition) is 1.